The molecular weight excluding hydrogens is 653 g/mol. The monoisotopic (exact) mass is 682 g/mol. The van der Waals surface area contributed by atoms with Gasteiger partial charge in [0.15, 0.2) is 0 Å². The Balaban J connectivity index is 0.991. The summed E-state index contributed by atoms with van der Waals surface area (Å²) in [7, 11) is 0. The van der Waals surface area contributed by atoms with Gasteiger partial charge in [0.05, 0.1) is 49.7 Å². The molecule has 6 heterocycles. The molecule has 0 saturated heterocycles. The van der Waals surface area contributed by atoms with Crippen LogP contribution in [-0.2, 0) is 0 Å². The number of rotatable bonds is 4. The molecule has 0 amide bonds. The normalized spacial score (nSPS) is 11.9. The average molecular weight is 683 g/mol. The first-order valence-corrected chi connectivity index (χ1v) is 17.5. The Kier molecular flexibility index (Phi) is 6.09. The van der Waals surface area contributed by atoms with Gasteiger partial charge in [0.1, 0.15) is 0 Å². The number of nitrogen functional groups attached to an aromatic ring is 2. The predicted octanol–water partition coefficient (Wildman–Crippen LogP) is 9.99. The van der Waals surface area contributed by atoms with E-state index in [-0.39, 0.29) is 0 Å². The van der Waals surface area contributed by atoms with E-state index in [1.807, 2.05) is 61.1 Å². The molecule has 0 unspecified atom stereocenters. The minimum Gasteiger partial charge on any atom is -0.399 e. The number of fused-ring (bicyclic) bond motifs is 9. The highest BCUT2D eigenvalue weighted by Gasteiger charge is 2.18. The Morgan fingerprint density at radius 3 is 1.13 bits per heavy atom. The molecule has 8 nitrogen and oxygen atoms in total. The van der Waals surface area contributed by atoms with E-state index in [4.69, 9.17) is 21.4 Å². The fraction of sp³-hybridized carbons (Fsp3) is 0. The van der Waals surface area contributed by atoms with Gasteiger partial charge in [0.25, 0.3) is 0 Å². The molecule has 6 aromatic heterocycles. The van der Waals surface area contributed by atoms with Gasteiger partial charge in [-0.25, -0.2) is 0 Å². The maximum Gasteiger partial charge on any atom is 0.0964 e. The minimum atomic E-state index is 0.719. The van der Waals surface area contributed by atoms with Crippen LogP contribution in [0, 0.1) is 0 Å². The maximum atomic E-state index is 6.21. The van der Waals surface area contributed by atoms with Crippen LogP contribution in [0.1, 0.15) is 0 Å². The van der Waals surface area contributed by atoms with Gasteiger partial charge in [-0.2, -0.15) is 0 Å². The smallest absolute Gasteiger partial charge is 0.0964 e. The quantitative estimate of drug-likeness (QED) is 0.180. The first-order chi connectivity index (χ1) is 26.1. The first-order valence-electron chi connectivity index (χ1n) is 17.5. The summed E-state index contributed by atoms with van der Waals surface area (Å²) in [4.78, 5) is 14.3. The lowest BCUT2D eigenvalue weighted by atomic mass is 10.0. The standard InChI is InChI=1S/C45H30N8/c46-29-11-18-37-34(24-29)43-40(4-1-21-48-43)51(37)31-13-7-27(8-14-31)28-9-15-32(16-10-28)52-39-20-17-33(26-36(39)45-41(52)5-2-23-50-45)53-38-19-12-30(47)25-35(38)44-42(53)6-3-22-49-44/h1-26H,46-47H2. The van der Waals surface area contributed by atoms with Crippen molar-refractivity contribution in [3.05, 3.63) is 158 Å². The summed E-state index contributed by atoms with van der Waals surface area (Å²) in [5.74, 6) is 0. The number of nitrogens with two attached hydrogens (primary N) is 2. The molecule has 250 valence electrons. The zero-order chi connectivity index (χ0) is 35.2. The number of pyridine rings is 3. The van der Waals surface area contributed by atoms with Crippen LogP contribution < -0.4 is 11.5 Å². The van der Waals surface area contributed by atoms with Gasteiger partial charge >= 0.3 is 0 Å². The molecule has 0 bridgehead atoms. The second-order valence-electron chi connectivity index (χ2n) is 13.5. The summed E-state index contributed by atoms with van der Waals surface area (Å²) >= 11 is 0. The Morgan fingerprint density at radius 2 is 0.698 bits per heavy atom. The van der Waals surface area contributed by atoms with E-state index in [2.05, 4.69) is 116 Å². The second-order valence-corrected chi connectivity index (χ2v) is 13.5. The Morgan fingerprint density at radius 1 is 0.340 bits per heavy atom. The van der Waals surface area contributed by atoms with Crippen LogP contribution in [0.4, 0.5) is 11.4 Å². The maximum absolute atomic E-state index is 6.21. The van der Waals surface area contributed by atoms with Crippen LogP contribution in [0.3, 0.4) is 0 Å². The highest BCUT2D eigenvalue weighted by molar-refractivity contribution is 6.11. The van der Waals surface area contributed by atoms with Gasteiger partial charge in [-0.1, -0.05) is 24.3 Å². The average Bonchev–Trinajstić information content (AvgIpc) is 3.83. The van der Waals surface area contributed by atoms with Gasteiger partial charge in [0.2, 0.25) is 0 Å². The topological polar surface area (TPSA) is 106 Å². The van der Waals surface area contributed by atoms with Crippen LogP contribution >= 0.6 is 0 Å². The van der Waals surface area contributed by atoms with Gasteiger partial charge in [-0.3, -0.25) is 15.0 Å². The van der Waals surface area contributed by atoms with Crippen molar-refractivity contribution in [2.24, 2.45) is 0 Å². The fourth-order valence-electron chi connectivity index (χ4n) is 8.11. The molecule has 0 saturated carbocycles. The van der Waals surface area contributed by atoms with Gasteiger partial charge in [0, 0.05) is 63.2 Å². The van der Waals surface area contributed by atoms with E-state index in [0.717, 1.165) is 105 Å². The third-order valence-corrected chi connectivity index (χ3v) is 10.4. The number of benzene rings is 5. The molecule has 0 radical (unpaired) electrons. The Bertz CT molecular complexity index is 3240. The number of hydrogen-bond acceptors (Lipinski definition) is 5. The summed E-state index contributed by atoms with van der Waals surface area (Å²) < 4.78 is 6.81. The second kappa shape index (κ2) is 11.0. The molecule has 0 spiro atoms. The fourth-order valence-corrected chi connectivity index (χ4v) is 8.11. The van der Waals surface area contributed by atoms with Crippen molar-refractivity contribution in [3.8, 4) is 28.2 Å². The number of hydrogen-bond donors (Lipinski definition) is 2. The zero-order valence-electron chi connectivity index (χ0n) is 28.3. The number of nitrogens with zero attached hydrogens (tertiary/aromatic N) is 6. The highest BCUT2D eigenvalue weighted by Crippen LogP contribution is 2.37. The molecule has 11 rings (SSSR count). The van der Waals surface area contributed by atoms with Crippen molar-refractivity contribution in [1.29, 1.82) is 0 Å². The van der Waals surface area contributed by atoms with Crippen molar-refractivity contribution >= 4 is 77.2 Å². The largest absolute Gasteiger partial charge is 0.399 e. The molecule has 0 atom stereocenters. The molecule has 5 aromatic carbocycles. The SMILES string of the molecule is Nc1ccc2c(c1)c1ncccc1n2-c1ccc(-c2ccc(-n3c4ccc(-n5c6ccc(N)cc6c6ncccc65)cc4c4ncccc43)cc2)cc1. The first kappa shape index (κ1) is 29.3. The van der Waals surface area contributed by atoms with E-state index < -0.39 is 0 Å². The van der Waals surface area contributed by atoms with Crippen LogP contribution in [0.5, 0.6) is 0 Å². The Labute approximate surface area is 302 Å². The molecule has 0 aliphatic heterocycles. The van der Waals surface area contributed by atoms with Gasteiger partial charge in [-0.15, -0.1) is 0 Å². The summed E-state index contributed by atoms with van der Waals surface area (Å²) in [5, 5.41) is 3.16. The lowest BCUT2D eigenvalue weighted by molar-refractivity contribution is 1.16. The van der Waals surface area contributed by atoms with Crippen molar-refractivity contribution < 1.29 is 0 Å². The molecule has 4 N–H and O–H groups in total. The van der Waals surface area contributed by atoms with Crippen molar-refractivity contribution in [1.82, 2.24) is 28.7 Å². The third kappa shape index (κ3) is 4.33. The molecule has 11 aromatic rings. The summed E-state index contributed by atoms with van der Waals surface area (Å²) in [6.45, 7) is 0. The number of aromatic nitrogens is 6. The minimum absolute atomic E-state index is 0.719. The van der Waals surface area contributed by atoms with Gasteiger partial charge < -0.3 is 25.2 Å². The lowest BCUT2D eigenvalue weighted by Gasteiger charge is -2.12. The van der Waals surface area contributed by atoms with Gasteiger partial charge in [-0.05, 0) is 126 Å². The van der Waals surface area contributed by atoms with Crippen molar-refractivity contribution in [2.45, 2.75) is 0 Å². The third-order valence-electron chi connectivity index (χ3n) is 10.4. The zero-order valence-corrected chi connectivity index (χ0v) is 28.3. The molecule has 0 fully saturated rings. The summed E-state index contributed by atoms with van der Waals surface area (Å²) in [6.07, 6.45) is 5.53. The summed E-state index contributed by atoms with van der Waals surface area (Å²) in [5.41, 5.74) is 28.5. The van der Waals surface area contributed by atoms with E-state index in [1.54, 1.807) is 0 Å². The van der Waals surface area contributed by atoms with Crippen LogP contribution in [0.25, 0.3) is 94.0 Å². The van der Waals surface area contributed by atoms with E-state index in [9.17, 15) is 0 Å². The molecule has 53 heavy (non-hydrogen) atoms. The Hall–Kier alpha value is -7.45. The predicted molar refractivity (Wildman–Crippen MR) is 217 cm³/mol. The van der Waals surface area contributed by atoms with Crippen molar-refractivity contribution in [2.75, 3.05) is 11.5 Å². The molecule has 0 aliphatic carbocycles. The van der Waals surface area contributed by atoms with Crippen molar-refractivity contribution in [3.63, 3.8) is 0 Å². The highest BCUT2D eigenvalue weighted by atomic mass is 15.0. The molecular formula is C45H30N8. The van der Waals surface area contributed by atoms with E-state index in [0.29, 0.717) is 0 Å². The van der Waals surface area contributed by atoms with E-state index in [1.165, 1.54) is 0 Å². The number of anilines is 2. The van der Waals surface area contributed by atoms with E-state index >= 15 is 0 Å². The molecule has 8 heteroatoms. The lowest BCUT2D eigenvalue weighted by Crippen LogP contribution is -1.96. The van der Waals surface area contributed by atoms with Crippen LogP contribution in [-0.4, -0.2) is 28.7 Å². The van der Waals surface area contributed by atoms with Crippen LogP contribution in [0.15, 0.2) is 158 Å². The summed E-state index contributed by atoms with van der Waals surface area (Å²) in [6, 6.07) is 48.4. The molecule has 0 aliphatic rings. The van der Waals surface area contributed by atoms with Crippen LogP contribution in [0.2, 0.25) is 0 Å².